The summed E-state index contributed by atoms with van der Waals surface area (Å²) in [4.78, 5) is 14.0. The van der Waals surface area contributed by atoms with Crippen LogP contribution in [-0.4, -0.2) is 56.9 Å². The minimum Gasteiger partial charge on any atom is -0.383 e. The summed E-state index contributed by atoms with van der Waals surface area (Å²) >= 11 is 0. The first-order valence-electron chi connectivity index (χ1n) is 6.83. The molecule has 2 rings (SSSR count). The van der Waals surface area contributed by atoms with Crippen LogP contribution in [0.1, 0.15) is 19.3 Å². The zero-order valence-electron chi connectivity index (χ0n) is 11.5. The molecule has 2 aliphatic heterocycles. The summed E-state index contributed by atoms with van der Waals surface area (Å²) in [6.07, 6.45) is 3.38. The van der Waals surface area contributed by atoms with Crippen LogP contribution in [-0.2, 0) is 14.3 Å². The van der Waals surface area contributed by atoms with Gasteiger partial charge in [0.25, 0.3) is 0 Å². The number of amides is 1. The molecule has 0 saturated carbocycles. The summed E-state index contributed by atoms with van der Waals surface area (Å²) in [5.41, 5.74) is 5.80. The second kappa shape index (κ2) is 8.04. The van der Waals surface area contributed by atoms with Crippen LogP contribution in [0.3, 0.4) is 0 Å². The molecule has 0 radical (unpaired) electrons. The van der Waals surface area contributed by atoms with Gasteiger partial charge in [0, 0.05) is 33.4 Å². The first-order valence-corrected chi connectivity index (χ1v) is 6.83. The van der Waals surface area contributed by atoms with E-state index >= 15 is 0 Å². The number of nitrogens with zero attached hydrogens (tertiary/aromatic N) is 1. The van der Waals surface area contributed by atoms with E-state index in [2.05, 4.69) is 0 Å². The van der Waals surface area contributed by atoms with Crippen molar-refractivity contribution < 1.29 is 14.3 Å². The van der Waals surface area contributed by atoms with Crippen LogP contribution in [0.5, 0.6) is 0 Å². The standard InChI is InChI=1S/C13H24N2O3.ClH/c1-17-9-12(14)13(16)15-5-2-11(8-15)10-3-6-18-7-4-10;/h10-12H,2-9,14H2,1H3;1H. The van der Waals surface area contributed by atoms with Crippen LogP contribution < -0.4 is 5.73 Å². The molecule has 0 aromatic carbocycles. The average Bonchev–Trinajstić information content (AvgIpc) is 2.89. The number of hydrogen-bond acceptors (Lipinski definition) is 4. The van der Waals surface area contributed by atoms with E-state index in [1.54, 1.807) is 7.11 Å². The van der Waals surface area contributed by atoms with Gasteiger partial charge in [0.05, 0.1) is 6.61 Å². The Balaban J connectivity index is 0.00000180. The van der Waals surface area contributed by atoms with Gasteiger partial charge in [0.15, 0.2) is 0 Å². The van der Waals surface area contributed by atoms with Gasteiger partial charge in [-0.15, -0.1) is 12.4 Å². The number of methoxy groups -OCH3 is 1. The normalized spacial score (nSPS) is 26.0. The van der Waals surface area contributed by atoms with Crippen molar-refractivity contribution in [2.45, 2.75) is 25.3 Å². The molecule has 112 valence electrons. The van der Waals surface area contributed by atoms with Crippen molar-refractivity contribution >= 4 is 18.3 Å². The Morgan fingerprint density at radius 3 is 2.68 bits per heavy atom. The SMILES string of the molecule is COCC(N)C(=O)N1CCC(C2CCOCC2)C1.Cl. The predicted octanol–water partition coefficient (Wildman–Crippen LogP) is 0.657. The molecule has 5 nitrogen and oxygen atoms in total. The number of hydrogen-bond donors (Lipinski definition) is 1. The molecule has 2 unspecified atom stereocenters. The van der Waals surface area contributed by atoms with Gasteiger partial charge >= 0.3 is 0 Å². The lowest BCUT2D eigenvalue weighted by Gasteiger charge is -2.28. The molecule has 6 heteroatoms. The maximum Gasteiger partial charge on any atom is 0.241 e. The van der Waals surface area contributed by atoms with E-state index < -0.39 is 6.04 Å². The van der Waals surface area contributed by atoms with Gasteiger partial charge in [-0.3, -0.25) is 4.79 Å². The minimum atomic E-state index is -0.511. The lowest BCUT2D eigenvalue weighted by molar-refractivity contribution is -0.132. The van der Waals surface area contributed by atoms with Crippen molar-refractivity contribution in [3.8, 4) is 0 Å². The zero-order valence-corrected chi connectivity index (χ0v) is 12.4. The molecule has 0 aromatic rings. The van der Waals surface area contributed by atoms with E-state index in [9.17, 15) is 4.79 Å². The molecular weight excluding hydrogens is 268 g/mol. The van der Waals surface area contributed by atoms with Gasteiger partial charge < -0.3 is 20.1 Å². The Hall–Kier alpha value is -0.360. The highest BCUT2D eigenvalue weighted by Gasteiger charge is 2.34. The van der Waals surface area contributed by atoms with Crippen molar-refractivity contribution in [2.24, 2.45) is 17.6 Å². The lowest BCUT2D eigenvalue weighted by Crippen LogP contribution is -2.45. The second-order valence-electron chi connectivity index (χ2n) is 5.34. The number of carbonyl (C=O) groups excluding carboxylic acids is 1. The van der Waals surface area contributed by atoms with Crippen molar-refractivity contribution in [1.29, 1.82) is 0 Å². The third-order valence-corrected chi connectivity index (χ3v) is 4.13. The minimum absolute atomic E-state index is 0. The Labute approximate surface area is 121 Å². The van der Waals surface area contributed by atoms with Crippen molar-refractivity contribution in [2.75, 3.05) is 40.0 Å². The Bertz CT molecular complexity index is 285. The molecule has 2 atom stereocenters. The van der Waals surface area contributed by atoms with Crippen LogP contribution in [0.15, 0.2) is 0 Å². The Morgan fingerprint density at radius 1 is 1.37 bits per heavy atom. The summed E-state index contributed by atoms with van der Waals surface area (Å²) in [6, 6.07) is -0.511. The van der Waals surface area contributed by atoms with Gasteiger partial charge in [0.1, 0.15) is 6.04 Å². The second-order valence-corrected chi connectivity index (χ2v) is 5.34. The molecule has 0 bridgehead atoms. The Kier molecular flexibility index (Phi) is 7.07. The molecule has 2 heterocycles. The third-order valence-electron chi connectivity index (χ3n) is 4.13. The summed E-state index contributed by atoms with van der Waals surface area (Å²) in [6.45, 7) is 3.76. The van der Waals surface area contributed by atoms with Gasteiger partial charge in [-0.1, -0.05) is 0 Å². The molecule has 0 spiro atoms. The topological polar surface area (TPSA) is 64.8 Å². The lowest BCUT2D eigenvalue weighted by atomic mass is 9.85. The molecule has 2 aliphatic rings. The summed E-state index contributed by atoms with van der Waals surface area (Å²) < 4.78 is 10.3. The number of halogens is 1. The molecule has 2 N–H and O–H groups in total. The highest BCUT2D eigenvalue weighted by molar-refractivity contribution is 5.85. The third kappa shape index (κ3) is 4.31. The largest absolute Gasteiger partial charge is 0.383 e. The fourth-order valence-corrected chi connectivity index (χ4v) is 3.04. The van der Waals surface area contributed by atoms with Crippen molar-refractivity contribution in [1.82, 2.24) is 4.90 Å². The molecule has 0 aliphatic carbocycles. The van der Waals surface area contributed by atoms with E-state index in [0.29, 0.717) is 12.5 Å². The van der Waals surface area contributed by atoms with Crippen LogP contribution in [0.25, 0.3) is 0 Å². The average molecular weight is 293 g/mol. The van der Waals surface area contributed by atoms with E-state index in [0.717, 1.165) is 51.5 Å². The van der Waals surface area contributed by atoms with Crippen LogP contribution >= 0.6 is 12.4 Å². The van der Waals surface area contributed by atoms with Gasteiger partial charge in [-0.2, -0.15) is 0 Å². The van der Waals surface area contributed by atoms with Crippen LogP contribution in [0, 0.1) is 11.8 Å². The van der Waals surface area contributed by atoms with E-state index in [1.165, 1.54) is 0 Å². The van der Waals surface area contributed by atoms with Gasteiger partial charge in [0.2, 0.25) is 5.91 Å². The number of rotatable bonds is 4. The van der Waals surface area contributed by atoms with Gasteiger partial charge in [-0.25, -0.2) is 0 Å². The highest BCUT2D eigenvalue weighted by Crippen LogP contribution is 2.31. The quantitative estimate of drug-likeness (QED) is 0.827. The predicted molar refractivity (Wildman–Crippen MR) is 75.3 cm³/mol. The number of likely N-dealkylation sites (tertiary alicyclic amines) is 1. The van der Waals surface area contributed by atoms with E-state index in [-0.39, 0.29) is 18.3 Å². The molecule has 1 amide bonds. The molecule has 2 saturated heterocycles. The first kappa shape index (κ1) is 16.7. The summed E-state index contributed by atoms with van der Waals surface area (Å²) in [7, 11) is 1.57. The Morgan fingerprint density at radius 2 is 2.05 bits per heavy atom. The molecular formula is C13H25ClN2O3. The highest BCUT2D eigenvalue weighted by atomic mass is 35.5. The number of carbonyl (C=O) groups is 1. The zero-order chi connectivity index (χ0) is 13.0. The van der Waals surface area contributed by atoms with Crippen LogP contribution in [0.2, 0.25) is 0 Å². The van der Waals surface area contributed by atoms with E-state index in [4.69, 9.17) is 15.2 Å². The number of ether oxygens (including phenoxy) is 2. The monoisotopic (exact) mass is 292 g/mol. The van der Waals surface area contributed by atoms with Gasteiger partial charge in [-0.05, 0) is 31.1 Å². The van der Waals surface area contributed by atoms with E-state index in [1.807, 2.05) is 4.90 Å². The molecule has 0 aromatic heterocycles. The fourth-order valence-electron chi connectivity index (χ4n) is 3.04. The van der Waals surface area contributed by atoms with Crippen molar-refractivity contribution in [3.63, 3.8) is 0 Å². The fraction of sp³-hybridized carbons (Fsp3) is 0.923. The maximum absolute atomic E-state index is 12.1. The maximum atomic E-state index is 12.1. The molecule has 2 fully saturated rings. The summed E-state index contributed by atoms with van der Waals surface area (Å²) in [5.74, 6) is 1.38. The van der Waals surface area contributed by atoms with Crippen molar-refractivity contribution in [3.05, 3.63) is 0 Å². The first-order chi connectivity index (χ1) is 8.72. The molecule has 19 heavy (non-hydrogen) atoms. The summed E-state index contributed by atoms with van der Waals surface area (Å²) in [5, 5.41) is 0. The van der Waals surface area contributed by atoms with Crippen LogP contribution in [0.4, 0.5) is 0 Å². The number of nitrogens with two attached hydrogens (primary N) is 1. The smallest absolute Gasteiger partial charge is 0.241 e.